The molecule has 0 spiro atoms. The van der Waals surface area contributed by atoms with Crippen molar-refractivity contribution in [2.75, 3.05) is 34.4 Å². The molecule has 2 fully saturated rings. The summed E-state index contributed by atoms with van der Waals surface area (Å²) >= 11 is 0. The van der Waals surface area contributed by atoms with Crippen molar-refractivity contribution >= 4 is 5.91 Å². The van der Waals surface area contributed by atoms with Crippen molar-refractivity contribution in [2.45, 2.75) is 36.9 Å². The second kappa shape index (κ2) is 9.09. The number of rotatable bonds is 5. The van der Waals surface area contributed by atoms with Crippen LogP contribution in [0.4, 0.5) is 17.6 Å². The van der Waals surface area contributed by atoms with Crippen LogP contribution in [-0.2, 0) is 11.6 Å². The zero-order chi connectivity index (χ0) is 24.7. The number of fused-ring (bicyclic) bond motifs is 1. The lowest BCUT2D eigenvalue weighted by atomic mass is 9.63. The molecule has 1 N–H and O–H groups in total. The van der Waals surface area contributed by atoms with Gasteiger partial charge in [-0.1, -0.05) is 6.07 Å². The molecule has 34 heavy (non-hydrogen) atoms. The predicted molar refractivity (Wildman–Crippen MR) is 119 cm³/mol. The Labute approximate surface area is 196 Å². The maximum absolute atomic E-state index is 13.8. The Balaban J connectivity index is 1.53. The van der Waals surface area contributed by atoms with Crippen molar-refractivity contribution in [3.05, 3.63) is 58.9 Å². The van der Waals surface area contributed by atoms with Crippen molar-refractivity contribution in [3.8, 4) is 11.5 Å². The number of hydrogen-bond acceptors (Lipinski definition) is 4. The Bertz CT molecular complexity index is 1070. The normalized spacial score (nSPS) is 25.0. The molecule has 1 amide bonds. The largest absolute Gasteiger partial charge is 0.493 e. The van der Waals surface area contributed by atoms with E-state index in [1.54, 1.807) is 14.2 Å². The first-order valence-electron chi connectivity index (χ1n) is 11.2. The third-order valence-electron chi connectivity index (χ3n) is 7.15. The zero-order valence-electron chi connectivity index (χ0n) is 19.3. The maximum atomic E-state index is 13.8. The zero-order valence-corrected chi connectivity index (χ0v) is 19.3. The fraction of sp³-hybridized carbons (Fsp3) is 0.480. The molecule has 2 aromatic carbocycles. The molecular formula is C25H28F4N2O3. The quantitative estimate of drug-likeness (QED) is 0.634. The third-order valence-corrected chi connectivity index (χ3v) is 7.15. The van der Waals surface area contributed by atoms with E-state index in [2.05, 4.69) is 23.3 Å². The Morgan fingerprint density at radius 2 is 1.85 bits per heavy atom. The van der Waals surface area contributed by atoms with Crippen LogP contribution < -0.4 is 14.8 Å². The van der Waals surface area contributed by atoms with Crippen LogP contribution in [0.1, 0.15) is 40.7 Å². The molecule has 5 nitrogen and oxygen atoms in total. The molecule has 1 saturated heterocycles. The van der Waals surface area contributed by atoms with Crippen LogP contribution in [0.25, 0.3) is 0 Å². The summed E-state index contributed by atoms with van der Waals surface area (Å²) in [6, 6.07) is 7.67. The molecular weight excluding hydrogens is 452 g/mol. The highest BCUT2D eigenvalue weighted by molar-refractivity contribution is 5.94. The number of hydrogen-bond donors (Lipinski definition) is 1. The first-order valence-corrected chi connectivity index (χ1v) is 11.2. The molecule has 1 aliphatic heterocycles. The molecule has 0 radical (unpaired) electrons. The topological polar surface area (TPSA) is 50.8 Å². The number of halogens is 4. The van der Waals surface area contributed by atoms with Gasteiger partial charge < -0.3 is 19.7 Å². The molecule has 2 aromatic rings. The minimum Gasteiger partial charge on any atom is -0.493 e. The first kappa shape index (κ1) is 24.3. The Morgan fingerprint density at radius 3 is 2.53 bits per heavy atom. The lowest BCUT2D eigenvalue weighted by molar-refractivity contribution is -0.137. The van der Waals surface area contributed by atoms with Crippen molar-refractivity contribution in [3.63, 3.8) is 0 Å². The molecule has 1 aliphatic carbocycles. The van der Waals surface area contributed by atoms with Gasteiger partial charge in [0.15, 0.2) is 11.5 Å². The molecule has 3 atom stereocenters. The second-order valence-electron chi connectivity index (χ2n) is 9.29. The van der Waals surface area contributed by atoms with E-state index in [0.717, 1.165) is 31.1 Å². The summed E-state index contributed by atoms with van der Waals surface area (Å²) in [5, 5.41) is 2.84. The number of carbonyl (C=O) groups excluding carboxylic acids is 1. The van der Waals surface area contributed by atoms with Crippen LogP contribution in [0, 0.1) is 11.7 Å². The number of nitrogens with one attached hydrogen (secondary N) is 1. The van der Waals surface area contributed by atoms with Crippen LogP contribution in [0.2, 0.25) is 0 Å². The number of likely N-dealkylation sites (N-methyl/N-ethyl adjacent to an activating group) is 1. The summed E-state index contributed by atoms with van der Waals surface area (Å²) in [5.74, 6) is -0.245. The number of likely N-dealkylation sites (tertiary alicyclic amines) is 1. The van der Waals surface area contributed by atoms with Crippen LogP contribution in [-0.4, -0.2) is 51.2 Å². The van der Waals surface area contributed by atoms with Gasteiger partial charge >= 0.3 is 6.18 Å². The van der Waals surface area contributed by atoms with Gasteiger partial charge in [-0.15, -0.1) is 0 Å². The molecule has 2 aliphatic rings. The van der Waals surface area contributed by atoms with E-state index in [0.29, 0.717) is 36.5 Å². The van der Waals surface area contributed by atoms with Crippen molar-refractivity contribution in [2.24, 2.45) is 5.92 Å². The molecule has 1 saturated carbocycles. The summed E-state index contributed by atoms with van der Waals surface area (Å²) in [5.41, 5.74) is -0.485. The average molecular weight is 481 g/mol. The Hall–Kier alpha value is -2.81. The second-order valence-corrected chi connectivity index (χ2v) is 9.29. The number of alkyl halides is 3. The van der Waals surface area contributed by atoms with E-state index in [4.69, 9.17) is 9.47 Å². The number of carbonyl (C=O) groups is 1. The van der Waals surface area contributed by atoms with Gasteiger partial charge in [0.2, 0.25) is 0 Å². The highest BCUT2D eigenvalue weighted by Gasteiger charge is 2.50. The molecule has 0 bridgehead atoms. The monoisotopic (exact) mass is 480 g/mol. The number of methoxy groups -OCH3 is 2. The fourth-order valence-electron chi connectivity index (χ4n) is 5.60. The van der Waals surface area contributed by atoms with E-state index in [1.165, 1.54) is 0 Å². The lowest BCUT2D eigenvalue weighted by Crippen LogP contribution is -2.47. The SMILES string of the molecule is COc1ccc(C23CCC(NC(=O)c4cc(F)cc(C(F)(F)F)c4)CC2CN(C)C3)cc1OC. The molecule has 9 heteroatoms. The Morgan fingerprint density at radius 1 is 1.12 bits per heavy atom. The molecule has 4 rings (SSSR count). The standard InChI is InChI=1S/C25H28F4N2O3/c1-31-13-18-11-20(30-23(32)15-8-17(25(27,28)29)10-19(26)9-15)6-7-24(18,14-31)16-4-5-21(33-2)22(12-16)34-3/h4-5,8-10,12,18,20H,6-7,11,13-14H2,1-3H3,(H,30,32). The van der Waals surface area contributed by atoms with Crippen LogP contribution in [0.15, 0.2) is 36.4 Å². The van der Waals surface area contributed by atoms with Gasteiger partial charge in [-0.05, 0) is 68.1 Å². The smallest absolute Gasteiger partial charge is 0.416 e. The van der Waals surface area contributed by atoms with Crippen LogP contribution in [0.5, 0.6) is 11.5 Å². The molecule has 3 unspecified atom stereocenters. The lowest BCUT2D eigenvalue weighted by Gasteiger charge is -2.43. The molecule has 184 valence electrons. The molecule has 0 aromatic heterocycles. The van der Waals surface area contributed by atoms with Crippen molar-refractivity contribution < 1.29 is 31.8 Å². The van der Waals surface area contributed by atoms with Crippen molar-refractivity contribution in [1.29, 1.82) is 0 Å². The first-order chi connectivity index (χ1) is 16.1. The van der Waals surface area contributed by atoms with Gasteiger partial charge in [0.25, 0.3) is 5.91 Å². The third kappa shape index (κ3) is 4.58. The summed E-state index contributed by atoms with van der Waals surface area (Å²) in [6.45, 7) is 1.69. The average Bonchev–Trinajstić information content (AvgIpc) is 3.13. The summed E-state index contributed by atoms with van der Waals surface area (Å²) < 4.78 is 63.8. The van der Waals surface area contributed by atoms with Gasteiger partial charge in [0, 0.05) is 30.1 Å². The van der Waals surface area contributed by atoms with Gasteiger partial charge in [-0.3, -0.25) is 4.79 Å². The fourth-order valence-corrected chi connectivity index (χ4v) is 5.60. The van der Waals surface area contributed by atoms with E-state index in [-0.39, 0.29) is 22.9 Å². The number of ether oxygens (including phenoxy) is 2. The minimum absolute atomic E-state index is 0.127. The number of benzene rings is 2. The van der Waals surface area contributed by atoms with E-state index in [1.807, 2.05) is 12.1 Å². The molecule has 1 heterocycles. The van der Waals surface area contributed by atoms with Gasteiger partial charge in [-0.25, -0.2) is 4.39 Å². The van der Waals surface area contributed by atoms with Crippen LogP contribution >= 0.6 is 0 Å². The Kier molecular flexibility index (Phi) is 6.50. The number of nitrogens with zero attached hydrogens (tertiary/aromatic N) is 1. The summed E-state index contributed by atoms with van der Waals surface area (Å²) in [4.78, 5) is 15.0. The van der Waals surface area contributed by atoms with Gasteiger partial charge in [0.1, 0.15) is 5.82 Å². The van der Waals surface area contributed by atoms with Crippen molar-refractivity contribution in [1.82, 2.24) is 10.2 Å². The summed E-state index contributed by atoms with van der Waals surface area (Å²) in [7, 11) is 5.24. The maximum Gasteiger partial charge on any atom is 0.416 e. The van der Waals surface area contributed by atoms with Gasteiger partial charge in [-0.2, -0.15) is 13.2 Å². The van der Waals surface area contributed by atoms with E-state index < -0.39 is 23.5 Å². The number of amides is 1. The van der Waals surface area contributed by atoms with Gasteiger partial charge in [0.05, 0.1) is 19.8 Å². The highest BCUT2D eigenvalue weighted by Crippen LogP contribution is 2.49. The minimum atomic E-state index is -4.73. The van der Waals surface area contributed by atoms with E-state index >= 15 is 0 Å². The van der Waals surface area contributed by atoms with E-state index in [9.17, 15) is 22.4 Å². The summed E-state index contributed by atoms with van der Waals surface area (Å²) in [6.07, 6.45) is -2.60. The predicted octanol–water partition coefficient (Wildman–Crippen LogP) is 4.64. The van der Waals surface area contributed by atoms with Crippen LogP contribution in [0.3, 0.4) is 0 Å². The highest BCUT2D eigenvalue weighted by atomic mass is 19.4.